The molecule has 96 valence electrons. The zero-order chi connectivity index (χ0) is 13.0. The van der Waals surface area contributed by atoms with Crippen LogP contribution in [0.25, 0.3) is 0 Å². The second-order valence-corrected chi connectivity index (χ2v) is 4.90. The van der Waals surface area contributed by atoms with E-state index >= 15 is 0 Å². The highest BCUT2D eigenvalue weighted by Gasteiger charge is 2.25. The summed E-state index contributed by atoms with van der Waals surface area (Å²) in [5.41, 5.74) is 1.90. The predicted molar refractivity (Wildman–Crippen MR) is 71.1 cm³/mol. The maximum Gasteiger partial charge on any atom is 0.0995 e. The van der Waals surface area contributed by atoms with Gasteiger partial charge in [-0.3, -0.25) is 4.90 Å². The van der Waals surface area contributed by atoms with Gasteiger partial charge in [-0.25, -0.2) is 0 Å². The van der Waals surface area contributed by atoms with Crippen molar-refractivity contribution in [1.29, 1.82) is 5.26 Å². The Bertz CT molecular complexity index is 438. The van der Waals surface area contributed by atoms with Crippen molar-refractivity contribution >= 4 is 0 Å². The SMILES string of the molecule is CCC1COC(C)CN1Cc1ccccc1C#N. The van der Waals surface area contributed by atoms with Gasteiger partial charge in [0.05, 0.1) is 24.3 Å². The molecule has 0 aromatic heterocycles. The van der Waals surface area contributed by atoms with Crippen LogP contribution in [0.3, 0.4) is 0 Å². The molecule has 1 aliphatic heterocycles. The van der Waals surface area contributed by atoms with E-state index in [1.54, 1.807) is 0 Å². The molecule has 2 unspecified atom stereocenters. The van der Waals surface area contributed by atoms with Gasteiger partial charge in [-0.15, -0.1) is 0 Å². The van der Waals surface area contributed by atoms with Gasteiger partial charge in [0, 0.05) is 19.1 Å². The molecule has 3 heteroatoms. The largest absolute Gasteiger partial charge is 0.376 e. The number of morpholine rings is 1. The molecule has 1 aromatic carbocycles. The van der Waals surface area contributed by atoms with E-state index in [1.807, 2.05) is 24.3 Å². The Morgan fingerprint density at radius 3 is 2.94 bits per heavy atom. The number of hydrogen-bond acceptors (Lipinski definition) is 3. The smallest absolute Gasteiger partial charge is 0.0995 e. The van der Waals surface area contributed by atoms with Crippen LogP contribution in [0.4, 0.5) is 0 Å². The molecular formula is C15H20N2O. The van der Waals surface area contributed by atoms with Crippen molar-refractivity contribution in [3.8, 4) is 6.07 Å². The molecule has 18 heavy (non-hydrogen) atoms. The second-order valence-electron chi connectivity index (χ2n) is 4.90. The summed E-state index contributed by atoms with van der Waals surface area (Å²) >= 11 is 0. The van der Waals surface area contributed by atoms with Crippen LogP contribution in [0.1, 0.15) is 31.4 Å². The third-order valence-corrected chi connectivity index (χ3v) is 3.56. The molecule has 2 atom stereocenters. The van der Waals surface area contributed by atoms with Crippen molar-refractivity contribution in [2.24, 2.45) is 0 Å². The van der Waals surface area contributed by atoms with Gasteiger partial charge in [0.25, 0.3) is 0 Å². The molecular weight excluding hydrogens is 224 g/mol. The van der Waals surface area contributed by atoms with E-state index in [-0.39, 0.29) is 6.10 Å². The van der Waals surface area contributed by atoms with Crippen LogP contribution in [-0.4, -0.2) is 30.2 Å². The van der Waals surface area contributed by atoms with Crippen LogP contribution in [0.5, 0.6) is 0 Å². The molecule has 3 nitrogen and oxygen atoms in total. The fourth-order valence-electron chi connectivity index (χ4n) is 2.47. The van der Waals surface area contributed by atoms with E-state index in [1.165, 1.54) is 0 Å². The van der Waals surface area contributed by atoms with Gasteiger partial charge in [-0.05, 0) is 25.0 Å². The standard InChI is InChI=1S/C15H20N2O/c1-3-15-11-18-12(2)9-17(15)10-14-7-5-4-6-13(14)8-16/h4-7,12,15H,3,9-11H2,1-2H3. The summed E-state index contributed by atoms with van der Waals surface area (Å²) in [4.78, 5) is 2.43. The normalized spacial score (nSPS) is 24.7. The molecule has 0 amide bonds. The molecule has 0 N–H and O–H groups in total. The summed E-state index contributed by atoms with van der Waals surface area (Å²) in [6.07, 6.45) is 1.36. The lowest BCUT2D eigenvalue weighted by molar-refractivity contribution is -0.0592. The third-order valence-electron chi connectivity index (χ3n) is 3.56. The summed E-state index contributed by atoms with van der Waals surface area (Å²) in [5, 5.41) is 9.13. The minimum atomic E-state index is 0.280. The van der Waals surface area contributed by atoms with Gasteiger partial charge in [-0.2, -0.15) is 5.26 Å². The van der Waals surface area contributed by atoms with E-state index in [9.17, 15) is 0 Å². The number of ether oxygens (including phenoxy) is 1. The van der Waals surface area contributed by atoms with Crippen molar-refractivity contribution in [1.82, 2.24) is 4.90 Å². The van der Waals surface area contributed by atoms with Crippen molar-refractivity contribution in [3.05, 3.63) is 35.4 Å². The average Bonchev–Trinajstić information content (AvgIpc) is 2.40. The minimum Gasteiger partial charge on any atom is -0.376 e. The lowest BCUT2D eigenvalue weighted by Gasteiger charge is -2.38. The van der Waals surface area contributed by atoms with Crippen LogP contribution < -0.4 is 0 Å². The summed E-state index contributed by atoms with van der Waals surface area (Å²) in [6, 6.07) is 10.6. The highest BCUT2D eigenvalue weighted by atomic mass is 16.5. The van der Waals surface area contributed by atoms with Crippen molar-refractivity contribution in [2.75, 3.05) is 13.2 Å². The summed E-state index contributed by atoms with van der Waals surface area (Å²) in [6.45, 7) is 6.88. The van der Waals surface area contributed by atoms with E-state index in [4.69, 9.17) is 10.00 Å². The fraction of sp³-hybridized carbons (Fsp3) is 0.533. The van der Waals surface area contributed by atoms with Gasteiger partial charge in [0.2, 0.25) is 0 Å². The summed E-state index contributed by atoms with van der Waals surface area (Å²) < 4.78 is 5.70. The molecule has 0 radical (unpaired) electrons. The second kappa shape index (κ2) is 5.99. The van der Waals surface area contributed by atoms with Crippen LogP contribution in [0, 0.1) is 11.3 Å². The van der Waals surface area contributed by atoms with Gasteiger partial charge in [0.15, 0.2) is 0 Å². The van der Waals surface area contributed by atoms with E-state index in [0.717, 1.165) is 37.2 Å². The number of rotatable bonds is 3. The zero-order valence-corrected chi connectivity index (χ0v) is 11.1. The molecule has 1 fully saturated rings. The first kappa shape index (κ1) is 13.1. The first-order valence-corrected chi connectivity index (χ1v) is 6.58. The Morgan fingerprint density at radius 1 is 1.44 bits per heavy atom. The molecule has 1 aliphatic rings. The summed E-state index contributed by atoms with van der Waals surface area (Å²) in [5.74, 6) is 0. The number of benzene rings is 1. The Balaban J connectivity index is 2.13. The minimum absolute atomic E-state index is 0.280. The van der Waals surface area contributed by atoms with Gasteiger partial charge in [0.1, 0.15) is 0 Å². The lowest BCUT2D eigenvalue weighted by Crippen LogP contribution is -2.47. The first-order chi connectivity index (χ1) is 8.74. The molecule has 0 spiro atoms. The number of hydrogen-bond donors (Lipinski definition) is 0. The summed E-state index contributed by atoms with van der Waals surface area (Å²) in [7, 11) is 0. The van der Waals surface area contributed by atoms with Crippen LogP contribution in [-0.2, 0) is 11.3 Å². The van der Waals surface area contributed by atoms with Crippen molar-refractivity contribution in [2.45, 2.75) is 39.0 Å². The highest BCUT2D eigenvalue weighted by molar-refractivity contribution is 5.37. The fourth-order valence-corrected chi connectivity index (χ4v) is 2.47. The maximum atomic E-state index is 9.13. The predicted octanol–water partition coefficient (Wildman–Crippen LogP) is 2.56. The molecule has 2 rings (SSSR count). The van der Waals surface area contributed by atoms with Crippen molar-refractivity contribution in [3.63, 3.8) is 0 Å². The van der Waals surface area contributed by atoms with Crippen LogP contribution in [0.15, 0.2) is 24.3 Å². The van der Waals surface area contributed by atoms with Gasteiger partial charge >= 0.3 is 0 Å². The van der Waals surface area contributed by atoms with E-state index < -0.39 is 0 Å². The quantitative estimate of drug-likeness (QED) is 0.820. The molecule has 1 heterocycles. The van der Waals surface area contributed by atoms with Gasteiger partial charge < -0.3 is 4.74 Å². The molecule has 0 bridgehead atoms. The Morgan fingerprint density at radius 2 is 2.22 bits per heavy atom. The number of nitrogens with zero attached hydrogens (tertiary/aromatic N) is 2. The Labute approximate surface area is 109 Å². The van der Waals surface area contributed by atoms with E-state index in [0.29, 0.717) is 6.04 Å². The Hall–Kier alpha value is -1.37. The monoisotopic (exact) mass is 244 g/mol. The van der Waals surface area contributed by atoms with Crippen LogP contribution >= 0.6 is 0 Å². The topological polar surface area (TPSA) is 36.3 Å². The maximum absolute atomic E-state index is 9.13. The zero-order valence-electron chi connectivity index (χ0n) is 11.1. The van der Waals surface area contributed by atoms with E-state index in [2.05, 4.69) is 24.8 Å². The first-order valence-electron chi connectivity index (χ1n) is 6.58. The van der Waals surface area contributed by atoms with Crippen LogP contribution in [0.2, 0.25) is 0 Å². The third kappa shape index (κ3) is 2.90. The van der Waals surface area contributed by atoms with Crippen molar-refractivity contribution < 1.29 is 4.74 Å². The Kier molecular flexibility index (Phi) is 4.35. The highest BCUT2D eigenvalue weighted by Crippen LogP contribution is 2.19. The molecule has 1 aromatic rings. The molecule has 0 aliphatic carbocycles. The van der Waals surface area contributed by atoms with Gasteiger partial charge in [-0.1, -0.05) is 25.1 Å². The average molecular weight is 244 g/mol. The molecule has 1 saturated heterocycles. The lowest BCUT2D eigenvalue weighted by atomic mass is 10.1. The number of nitriles is 1. The molecule has 0 saturated carbocycles.